The minimum atomic E-state index is 0. The Balaban J connectivity index is 0.00000228. The van der Waals surface area contributed by atoms with Crippen LogP contribution in [0.4, 0.5) is 0 Å². The Bertz CT molecular complexity index is 1400. The van der Waals surface area contributed by atoms with Crippen molar-refractivity contribution in [3.05, 3.63) is 95.6 Å². The Kier molecular flexibility index (Phi) is 5.58. The van der Waals surface area contributed by atoms with Crippen molar-refractivity contribution in [3.63, 3.8) is 0 Å². The van der Waals surface area contributed by atoms with Crippen molar-refractivity contribution < 1.29 is 30.9 Å². The fourth-order valence-electron chi connectivity index (χ4n) is 4.73. The predicted molar refractivity (Wildman–Crippen MR) is 129 cm³/mol. The van der Waals surface area contributed by atoms with Crippen LogP contribution in [-0.4, -0.2) is 20.4 Å². The molecule has 33 heavy (non-hydrogen) atoms. The van der Waals surface area contributed by atoms with E-state index in [0.29, 0.717) is 22.4 Å². The van der Waals surface area contributed by atoms with E-state index >= 15 is 0 Å². The van der Waals surface area contributed by atoms with Gasteiger partial charge in [0.25, 0.3) is 0 Å². The van der Waals surface area contributed by atoms with Gasteiger partial charge in [-0.3, -0.25) is 0 Å². The van der Waals surface area contributed by atoms with Gasteiger partial charge in [-0.25, -0.2) is 4.98 Å². The quantitative estimate of drug-likeness (QED) is 0.265. The average Bonchev–Trinajstić information content (AvgIpc) is 3.34. The molecule has 1 aromatic heterocycles. The van der Waals surface area contributed by atoms with E-state index in [1.165, 1.54) is 11.1 Å². The van der Waals surface area contributed by atoms with Crippen molar-refractivity contribution in [1.82, 2.24) is 4.98 Å². The molecule has 2 aliphatic rings. The van der Waals surface area contributed by atoms with E-state index < -0.39 is 0 Å². The van der Waals surface area contributed by atoms with E-state index in [2.05, 4.69) is 49.2 Å². The maximum Gasteiger partial charge on any atom is 0.217 e. The molecule has 0 radical (unpaired) electrons. The van der Waals surface area contributed by atoms with Crippen LogP contribution in [0.25, 0.3) is 10.9 Å². The number of hydrogen-bond acceptors (Lipinski definition) is 5. The van der Waals surface area contributed by atoms with E-state index in [1.54, 1.807) is 18.2 Å². The van der Waals surface area contributed by atoms with Crippen molar-refractivity contribution in [2.75, 3.05) is 0 Å². The van der Waals surface area contributed by atoms with Crippen LogP contribution in [0.5, 0.6) is 17.4 Å². The number of benzene rings is 3. The van der Waals surface area contributed by atoms with E-state index in [1.807, 2.05) is 42.1 Å². The molecule has 1 aliphatic carbocycles. The molecule has 2 atom stereocenters. The van der Waals surface area contributed by atoms with Gasteiger partial charge >= 0.3 is 0 Å². The Morgan fingerprint density at radius 3 is 2.67 bits per heavy atom. The molecule has 1 aliphatic heterocycles. The van der Waals surface area contributed by atoms with Gasteiger partial charge in [0, 0.05) is 54.0 Å². The first-order valence-corrected chi connectivity index (χ1v) is 11.5. The number of fused-ring (bicyclic) bond motifs is 4. The van der Waals surface area contributed by atoms with Crippen molar-refractivity contribution in [2.24, 2.45) is 4.99 Å². The number of aromatic hydroxyl groups is 1. The molecule has 0 saturated heterocycles. The minimum Gasteiger partial charge on any atom is -0.506 e. The molecule has 0 spiro atoms. The summed E-state index contributed by atoms with van der Waals surface area (Å²) >= 11 is 1.83. The number of para-hydroxylation sites is 1. The number of thioether (sulfide) groups is 1. The monoisotopic (exact) mass is 632 g/mol. The molecule has 4 aromatic rings. The molecule has 0 fully saturated rings. The van der Waals surface area contributed by atoms with Crippen LogP contribution in [0, 0.1) is 6.07 Å². The van der Waals surface area contributed by atoms with Crippen LogP contribution < -0.4 is 4.74 Å². The Morgan fingerprint density at radius 1 is 0.970 bits per heavy atom. The first-order valence-electron chi connectivity index (χ1n) is 10.6. The fourth-order valence-corrected chi connectivity index (χ4v) is 6.15. The Hall–Kier alpha value is -2.62. The van der Waals surface area contributed by atoms with Gasteiger partial charge in [0.15, 0.2) is 0 Å². The fraction of sp³-hybridized carbons (Fsp3) is 0.185. The van der Waals surface area contributed by atoms with Crippen LogP contribution in [0.2, 0.25) is 0 Å². The van der Waals surface area contributed by atoms with Crippen LogP contribution in [0.3, 0.4) is 0 Å². The van der Waals surface area contributed by atoms with E-state index in [4.69, 9.17) is 9.73 Å². The van der Waals surface area contributed by atoms with Crippen molar-refractivity contribution in [3.8, 4) is 17.4 Å². The number of ether oxygens (including phenoxy) is 1. The first kappa shape index (κ1) is 22.2. The van der Waals surface area contributed by atoms with Gasteiger partial charge in [-0.1, -0.05) is 56.3 Å². The number of pyridine rings is 1. The average molecular weight is 633 g/mol. The molecule has 3 aromatic carbocycles. The summed E-state index contributed by atoms with van der Waals surface area (Å²) in [5.41, 5.74) is 4.24. The first-order chi connectivity index (χ1) is 15.5. The molecular weight excluding hydrogens is 611 g/mol. The van der Waals surface area contributed by atoms with Gasteiger partial charge < -0.3 is 14.8 Å². The smallest absolute Gasteiger partial charge is 0.217 e. The zero-order valence-electron chi connectivity index (χ0n) is 18.1. The van der Waals surface area contributed by atoms with Crippen LogP contribution in [-0.2, 0) is 26.5 Å². The van der Waals surface area contributed by atoms with Crippen LogP contribution >= 0.6 is 11.8 Å². The third-order valence-corrected chi connectivity index (χ3v) is 8.00. The normalized spacial score (nSPS) is 20.0. The van der Waals surface area contributed by atoms with Gasteiger partial charge in [0.1, 0.15) is 11.3 Å². The molecule has 0 saturated carbocycles. The molecule has 0 amide bonds. The molecule has 1 N–H and O–H groups in total. The summed E-state index contributed by atoms with van der Waals surface area (Å²) in [7, 11) is 0. The number of hydrogen-bond donors (Lipinski definition) is 1. The second-order valence-corrected chi connectivity index (χ2v) is 9.89. The predicted octanol–water partition coefficient (Wildman–Crippen LogP) is 6.42. The third-order valence-electron chi connectivity index (χ3n) is 6.35. The van der Waals surface area contributed by atoms with Gasteiger partial charge in [0.05, 0.1) is 6.04 Å². The van der Waals surface area contributed by atoms with Crippen molar-refractivity contribution in [1.29, 1.82) is 0 Å². The molecule has 4 nitrogen and oxygen atoms in total. The van der Waals surface area contributed by atoms with E-state index in [-0.39, 0.29) is 38.3 Å². The number of aromatic nitrogens is 1. The van der Waals surface area contributed by atoms with Gasteiger partial charge in [-0.2, -0.15) is 11.8 Å². The molecule has 0 bridgehead atoms. The Morgan fingerprint density at radius 2 is 1.79 bits per heavy atom. The van der Waals surface area contributed by atoms with Crippen molar-refractivity contribution in [2.45, 2.75) is 30.6 Å². The van der Waals surface area contributed by atoms with Gasteiger partial charge in [-0.05, 0) is 23.3 Å². The maximum atomic E-state index is 10.1. The second kappa shape index (κ2) is 8.30. The summed E-state index contributed by atoms with van der Waals surface area (Å²) in [5, 5.41) is 12.3. The third kappa shape index (κ3) is 3.68. The molecule has 0 unspecified atom stereocenters. The number of phenolic OH excluding ortho intramolecular Hbond substituents is 1. The number of rotatable bonds is 3. The van der Waals surface area contributed by atoms with E-state index in [9.17, 15) is 5.11 Å². The summed E-state index contributed by atoms with van der Waals surface area (Å²) in [4.78, 5) is 9.56. The standard InChI is InChI=1S/C27H21N2O2S.Pt/c1-27(2)20-11-4-3-10-19(20)24-25(27)32-26(29-24)17-8-5-9-18(15-17)31-22-14-13-16-7-6-12-21(30)23(16)28-22;/h3-14,24-25,30H,1-2H3;/q-1;/t24-,25+;/m0./s1. The number of phenols is 1. The molecule has 168 valence electrons. The molecular formula is C27H21N2O2PtS-. The van der Waals surface area contributed by atoms with Crippen LogP contribution in [0.15, 0.2) is 77.8 Å². The van der Waals surface area contributed by atoms with Crippen LogP contribution in [0.1, 0.15) is 36.6 Å². The summed E-state index contributed by atoms with van der Waals surface area (Å²) in [6, 6.07) is 27.1. The van der Waals surface area contributed by atoms with E-state index in [0.717, 1.165) is 16.0 Å². The zero-order chi connectivity index (χ0) is 21.9. The maximum absolute atomic E-state index is 10.1. The molecule has 2 heterocycles. The SMILES string of the molecule is CC1(C)c2ccccc2[C@@H]2N=C(c3[c-]c(Oc4ccc5cccc(O)c5n4)ccc3)S[C@H]21.[Pt]. The topological polar surface area (TPSA) is 54.7 Å². The number of nitrogens with zero attached hydrogens (tertiary/aromatic N) is 2. The number of aliphatic imine (C=N–C) groups is 1. The van der Waals surface area contributed by atoms with Crippen molar-refractivity contribution >= 4 is 27.7 Å². The summed E-state index contributed by atoms with van der Waals surface area (Å²) < 4.78 is 5.99. The largest absolute Gasteiger partial charge is 0.506 e. The molecule has 6 rings (SSSR count). The zero-order valence-corrected chi connectivity index (χ0v) is 21.1. The van der Waals surface area contributed by atoms with Gasteiger partial charge in [-0.15, -0.1) is 23.8 Å². The summed E-state index contributed by atoms with van der Waals surface area (Å²) in [6.07, 6.45) is 0. The summed E-state index contributed by atoms with van der Waals surface area (Å²) in [6.45, 7) is 4.62. The summed E-state index contributed by atoms with van der Waals surface area (Å²) in [5.74, 6) is 1.13. The Labute approximate surface area is 211 Å². The molecule has 6 heteroatoms. The second-order valence-electron chi connectivity index (χ2n) is 8.76. The minimum absolute atomic E-state index is 0. The van der Waals surface area contributed by atoms with Gasteiger partial charge in [0.2, 0.25) is 5.88 Å².